The van der Waals surface area contributed by atoms with Gasteiger partial charge in [-0.15, -0.1) is 0 Å². The maximum absolute atomic E-state index is 5.90. The zero-order valence-corrected chi connectivity index (χ0v) is 11.3. The van der Waals surface area contributed by atoms with E-state index in [-0.39, 0.29) is 0 Å². The van der Waals surface area contributed by atoms with E-state index in [0.717, 1.165) is 37.6 Å². The van der Waals surface area contributed by atoms with E-state index in [9.17, 15) is 0 Å². The lowest BCUT2D eigenvalue weighted by atomic mass is 9.96. The van der Waals surface area contributed by atoms with E-state index in [1.165, 1.54) is 36.9 Å². The van der Waals surface area contributed by atoms with Crippen LogP contribution in [0.2, 0.25) is 0 Å². The van der Waals surface area contributed by atoms with Gasteiger partial charge in [0.1, 0.15) is 12.1 Å². The molecular formula is C15H21N3O. The summed E-state index contributed by atoms with van der Waals surface area (Å²) in [5, 5.41) is 3.66. The second-order valence-corrected chi connectivity index (χ2v) is 6.07. The van der Waals surface area contributed by atoms with Gasteiger partial charge in [0.15, 0.2) is 0 Å². The van der Waals surface area contributed by atoms with Crippen molar-refractivity contribution < 1.29 is 4.74 Å². The zero-order valence-electron chi connectivity index (χ0n) is 11.3. The Labute approximate surface area is 114 Å². The van der Waals surface area contributed by atoms with Crippen LogP contribution in [0.3, 0.4) is 0 Å². The number of fused-ring (bicyclic) bond motifs is 1. The number of aromatic nitrogens is 2. The van der Waals surface area contributed by atoms with Crippen LogP contribution in [0.1, 0.15) is 43.4 Å². The Bertz CT molecular complexity index is 472. The van der Waals surface area contributed by atoms with Gasteiger partial charge in [-0.3, -0.25) is 0 Å². The molecule has 1 aromatic rings. The van der Waals surface area contributed by atoms with E-state index in [1.54, 1.807) is 6.33 Å². The van der Waals surface area contributed by atoms with E-state index in [1.807, 2.05) is 0 Å². The van der Waals surface area contributed by atoms with Gasteiger partial charge in [0.2, 0.25) is 0 Å². The summed E-state index contributed by atoms with van der Waals surface area (Å²) in [5.74, 6) is 1.86. The van der Waals surface area contributed by atoms with Crippen LogP contribution in [0, 0.1) is 5.92 Å². The van der Waals surface area contributed by atoms with Crippen molar-refractivity contribution in [1.82, 2.24) is 9.97 Å². The van der Waals surface area contributed by atoms with Crippen molar-refractivity contribution in [3.8, 4) is 0 Å². The largest absolute Gasteiger partial charge is 0.376 e. The molecule has 0 aromatic carbocycles. The van der Waals surface area contributed by atoms with Gasteiger partial charge in [-0.05, 0) is 50.9 Å². The lowest BCUT2D eigenvalue weighted by Crippen LogP contribution is -2.32. The van der Waals surface area contributed by atoms with Gasteiger partial charge in [0.05, 0.1) is 12.1 Å². The Morgan fingerprint density at radius 2 is 2.00 bits per heavy atom. The van der Waals surface area contributed by atoms with Crippen molar-refractivity contribution in [2.75, 3.05) is 11.9 Å². The van der Waals surface area contributed by atoms with E-state index in [4.69, 9.17) is 4.74 Å². The standard InChI is InChI=1S/C15H21N3O/c1-2-4-12-11(3-1)15(17-9-16-12)18-13-7-8-19-14(13)10-5-6-10/h9-10,13-14H,1-8H2,(H,16,17,18). The van der Waals surface area contributed by atoms with Crippen LogP contribution >= 0.6 is 0 Å². The van der Waals surface area contributed by atoms with E-state index in [2.05, 4.69) is 15.3 Å². The number of ether oxygens (including phenoxy) is 1. The molecule has 2 atom stereocenters. The fraction of sp³-hybridized carbons (Fsp3) is 0.733. The average molecular weight is 259 g/mol. The van der Waals surface area contributed by atoms with Gasteiger partial charge < -0.3 is 10.1 Å². The Morgan fingerprint density at radius 3 is 2.89 bits per heavy atom. The summed E-state index contributed by atoms with van der Waals surface area (Å²) in [5.41, 5.74) is 2.61. The lowest BCUT2D eigenvalue weighted by molar-refractivity contribution is 0.0898. The van der Waals surface area contributed by atoms with Crippen molar-refractivity contribution in [2.45, 2.75) is 57.1 Å². The molecule has 1 saturated carbocycles. The molecule has 4 heteroatoms. The van der Waals surface area contributed by atoms with Crippen LogP contribution < -0.4 is 5.32 Å². The number of nitrogens with one attached hydrogen (secondary N) is 1. The van der Waals surface area contributed by atoms with Gasteiger partial charge in [0.25, 0.3) is 0 Å². The summed E-state index contributed by atoms with van der Waals surface area (Å²) in [6.45, 7) is 0.895. The predicted octanol–water partition coefficient (Wildman–Crippen LogP) is 2.33. The van der Waals surface area contributed by atoms with Crippen LogP contribution in [-0.2, 0) is 17.6 Å². The quantitative estimate of drug-likeness (QED) is 0.905. The van der Waals surface area contributed by atoms with Crippen LogP contribution in [-0.4, -0.2) is 28.7 Å². The molecule has 0 radical (unpaired) electrons. The second-order valence-electron chi connectivity index (χ2n) is 6.07. The maximum Gasteiger partial charge on any atom is 0.133 e. The molecule has 2 aliphatic carbocycles. The van der Waals surface area contributed by atoms with Crippen LogP contribution in [0.4, 0.5) is 5.82 Å². The van der Waals surface area contributed by atoms with Crippen molar-refractivity contribution in [2.24, 2.45) is 5.92 Å². The molecule has 2 fully saturated rings. The van der Waals surface area contributed by atoms with Gasteiger partial charge in [-0.1, -0.05) is 0 Å². The molecule has 0 amide bonds. The highest BCUT2D eigenvalue weighted by Crippen LogP contribution is 2.40. The number of aryl methyl sites for hydroxylation is 1. The summed E-state index contributed by atoms with van der Waals surface area (Å²) >= 11 is 0. The molecule has 0 spiro atoms. The number of hydrogen-bond acceptors (Lipinski definition) is 4. The normalized spacial score (nSPS) is 30.1. The molecule has 4 rings (SSSR count). The minimum absolute atomic E-state index is 0.411. The molecular weight excluding hydrogens is 238 g/mol. The Hall–Kier alpha value is -1.16. The lowest BCUT2D eigenvalue weighted by Gasteiger charge is -2.23. The summed E-state index contributed by atoms with van der Waals surface area (Å²) in [6.07, 6.45) is 10.7. The maximum atomic E-state index is 5.90. The van der Waals surface area contributed by atoms with E-state index >= 15 is 0 Å². The summed E-state index contributed by atoms with van der Waals surface area (Å²) < 4.78 is 5.90. The number of hydrogen-bond donors (Lipinski definition) is 1. The predicted molar refractivity (Wildman–Crippen MR) is 73.2 cm³/mol. The molecule has 1 aromatic heterocycles. The molecule has 1 N–H and O–H groups in total. The number of rotatable bonds is 3. The first kappa shape index (κ1) is 11.6. The SMILES string of the molecule is c1nc2c(c(NC3CCOC3C3CC3)n1)CCCC2. The Kier molecular flexibility index (Phi) is 2.91. The molecule has 0 bridgehead atoms. The third-order valence-electron chi connectivity index (χ3n) is 4.67. The van der Waals surface area contributed by atoms with E-state index < -0.39 is 0 Å². The molecule has 19 heavy (non-hydrogen) atoms. The third kappa shape index (κ3) is 2.22. The topological polar surface area (TPSA) is 47.0 Å². The highest BCUT2D eigenvalue weighted by molar-refractivity contribution is 5.48. The number of anilines is 1. The highest BCUT2D eigenvalue weighted by Gasteiger charge is 2.41. The molecule has 1 aliphatic heterocycles. The van der Waals surface area contributed by atoms with Crippen LogP contribution in [0.15, 0.2) is 6.33 Å². The second kappa shape index (κ2) is 4.75. The molecule has 1 saturated heterocycles. The van der Waals surface area contributed by atoms with Crippen molar-refractivity contribution >= 4 is 5.82 Å². The molecule has 4 nitrogen and oxygen atoms in total. The zero-order chi connectivity index (χ0) is 12.7. The summed E-state index contributed by atoms with van der Waals surface area (Å²) in [6, 6.07) is 0.452. The summed E-state index contributed by atoms with van der Waals surface area (Å²) in [4.78, 5) is 8.93. The first-order chi connectivity index (χ1) is 9.42. The highest BCUT2D eigenvalue weighted by atomic mass is 16.5. The van der Waals surface area contributed by atoms with E-state index in [0.29, 0.717) is 12.1 Å². The fourth-order valence-electron chi connectivity index (χ4n) is 3.48. The molecule has 3 aliphatic rings. The van der Waals surface area contributed by atoms with Crippen LogP contribution in [0.25, 0.3) is 0 Å². The first-order valence-electron chi connectivity index (χ1n) is 7.63. The summed E-state index contributed by atoms with van der Waals surface area (Å²) in [7, 11) is 0. The smallest absolute Gasteiger partial charge is 0.133 e. The Morgan fingerprint density at radius 1 is 1.11 bits per heavy atom. The van der Waals surface area contributed by atoms with Crippen molar-refractivity contribution in [3.63, 3.8) is 0 Å². The number of nitrogens with zero attached hydrogens (tertiary/aromatic N) is 2. The fourth-order valence-corrected chi connectivity index (χ4v) is 3.48. The van der Waals surface area contributed by atoms with Crippen molar-refractivity contribution in [1.29, 1.82) is 0 Å². The van der Waals surface area contributed by atoms with Gasteiger partial charge >= 0.3 is 0 Å². The van der Waals surface area contributed by atoms with Gasteiger partial charge in [0, 0.05) is 17.9 Å². The molecule has 2 unspecified atom stereocenters. The van der Waals surface area contributed by atoms with Gasteiger partial charge in [-0.25, -0.2) is 9.97 Å². The van der Waals surface area contributed by atoms with Gasteiger partial charge in [-0.2, -0.15) is 0 Å². The monoisotopic (exact) mass is 259 g/mol. The van der Waals surface area contributed by atoms with Crippen molar-refractivity contribution in [3.05, 3.63) is 17.6 Å². The van der Waals surface area contributed by atoms with Crippen LogP contribution in [0.5, 0.6) is 0 Å². The average Bonchev–Trinajstić information content (AvgIpc) is 3.20. The third-order valence-corrected chi connectivity index (χ3v) is 4.67. The minimum Gasteiger partial charge on any atom is -0.376 e. The molecule has 102 valence electrons. The first-order valence-corrected chi connectivity index (χ1v) is 7.63. The minimum atomic E-state index is 0.411. The molecule has 2 heterocycles. The Balaban J connectivity index is 1.56.